The van der Waals surface area contributed by atoms with Crippen LogP contribution in [0.2, 0.25) is 0 Å². The summed E-state index contributed by atoms with van der Waals surface area (Å²) in [6, 6.07) is 21.8. The third kappa shape index (κ3) is 5.84. The highest BCUT2D eigenvalue weighted by molar-refractivity contribution is 7.15. The Bertz CT molecular complexity index is 856. The van der Waals surface area contributed by atoms with Crippen LogP contribution in [0, 0.1) is 0 Å². The van der Waals surface area contributed by atoms with E-state index in [-0.39, 0.29) is 0 Å². The highest BCUT2D eigenvalue weighted by atomic mass is 32.1. The van der Waals surface area contributed by atoms with Crippen LogP contribution in [0.3, 0.4) is 0 Å². The smallest absolute Gasteiger partial charge is 0.119 e. The van der Waals surface area contributed by atoms with Gasteiger partial charge in [0, 0.05) is 9.75 Å². The van der Waals surface area contributed by atoms with Crippen molar-refractivity contribution in [1.82, 2.24) is 0 Å². The number of benzene rings is 2. The van der Waals surface area contributed by atoms with Gasteiger partial charge in [0.15, 0.2) is 0 Å². The Morgan fingerprint density at radius 2 is 1.46 bits per heavy atom. The van der Waals surface area contributed by atoms with Crippen molar-refractivity contribution in [2.24, 2.45) is 0 Å². The fourth-order valence-electron chi connectivity index (χ4n) is 3.20. The van der Waals surface area contributed by atoms with E-state index in [1.165, 1.54) is 58.5 Å². The van der Waals surface area contributed by atoms with Crippen molar-refractivity contribution < 1.29 is 4.74 Å². The molecule has 1 nitrogen and oxygen atoms in total. The highest BCUT2D eigenvalue weighted by Crippen LogP contribution is 2.31. The molecular weight excluding hydrogens is 360 g/mol. The van der Waals surface area contributed by atoms with Crippen molar-refractivity contribution in [2.45, 2.75) is 46.0 Å². The van der Waals surface area contributed by atoms with Crippen molar-refractivity contribution in [3.8, 4) is 27.3 Å². The fraction of sp³-hybridized carbons (Fsp3) is 0.308. The molecule has 0 amide bonds. The van der Waals surface area contributed by atoms with Crippen LogP contribution in [-0.2, 0) is 6.42 Å². The zero-order chi connectivity index (χ0) is 19.6. The monoisotopic (exact) mass is 390 g/mol. The van der Waals surface area contributed by atoms with Gasteiger partial charge in [0.2, 0.25) is 0 Å². The number of thiophene rings is 1. The van der Waals surface area contributed by atoms with Crippen molar-refractivity contribution in [3.63, 3.8) is 0 Å². The van der Waals surface area contributed by atoms with E-state index in [0.29, 0.717) is 6.61 Å². The van der Waals surface area contributed by atoms with Crippen molar-refractivity contribution in [1.29, 1.82) is 0 Å². The average Bonchev–Trinajstić information content (AvgIpc) is 3.21. The molecule has 0 N–H and O–H groups in total. The summed E-state index contributed by atoms with van der Waals surface area (Å²) in [7, 11) is 0. The maximum Gasteiger partial charge on any atom is 0.119 e. The second-order valence-corrected chi connectivity index (χ2v) is 8.23. The molecule has 0 aliphatic carbocycles. The summed E-state index contributed by atoms with van der Waals surface area (Å²) in [5.41, 5.74) is 3.76. The van der Waals surface area contributed by atoms with Gasteiger partial charge >= 0.3 is 0 Å². The molecule has 0 spiro atoms. The van der Waals surface area contributed by atoms with Gasteiger partial charge < -0.3 is 4.74 Å². The first-order chi connectivity index (χ1) is 13.8. The zero-order valence-corrected chi connectivity index (χ0v) is 17.8. The number of hydrogen-bond donors (Lipinski definition) is 0. The molecule has 3 rings (SSSR count). The lowest BCUT2D eigenvalue weighted by Gasteiger charge is -2.06. The Balaban J connectivity index is 1.61. The Hall–Kier alpha value is -2.32. The lowest BCUT2D eigenvalue weighted by molar-refractivity contribution is 0.363. The summed E-state index contributed by atoms with van der Waals surface area (Å²) in [6.07, 6.45) is 10.5. The van der Waals surface area contributed by atoms with Gasteiger partial charge in [-0.3, -0.25) is 0 Å². The fourth-order valence-corrected chi connectivity index (χ4v) is 4.26. The number of aryl methyl sites for hydroxylation is 1. The predicted molar refractivity (Wildman–Crippen MR) is 123 cm³/mol. The van der Waals surface area contributed by atoms with Crippen LogP contribution in [0.1, 0.15) is 44.4 Å². The van der Waals surface area contributed by atoms with Gasteiger partial charge in [-0.2, -0.15) is 0 Å². The molecule has 0 fully saturated rings. The lowest BCUT2D eigenvalue weighted by atomic mass is 10.0. The summed E-state index contributed by atoms with van der Waals surface area (Å²) >= 11 is 1.93. The molecule has 146 valence electrons. The van der Waals surface area contributed by atoms with Crippen LogP contribution in [-0.4, -0.2) is 6.61 Å². The number of hydrogen-bond acceptors (Lipinski definition) is 2. The van der Waals surface area contributed by atoms with Crippen LogP contribution < -0.4 is 4.74 Å². The van der Waals surface area contributed by atoms with E-state index in [0.717, 1.165) is 5.75 Å². The van der Waals surface area contributed by atoms with Gasteiger partial charge in [-0.05, 0) is 60.7 Å². The molecule has 3 aromatic rings. The third-order valence-electron chi connectivity index (χ3n) is 4.88. The first kappa shape index (κ1) is 20.4. The minimum atomic E-state index is 0.617. The van der Waals surface area contributed by atoms with Gasteiger partial charge in [-0.15, -0.1) is 11.3 Å². The Morgan fingerprint density at radius 1 is 0.786 bits per heavy atom. The van der Waals surface area contributed by atoms with Gasteiger partial charge in [-0.25, -0.2) is 0 Å². The maximum atomic E-state index is 5.67. The first-order valence-corrected chi connectivity index (χ1v) is 11.2. The molecule has 28 heavy (non-hydrogen) atoms. The molecule has 0 saturated carbocycles. The molecule has 2 heteroatoms. The molecule has 2 aromatic carbocycles. The summed E-state index contributed by atoms with van der Waals surface area (Å²) in [5.74, 6) is 0.906. The second kappa shape index (κ2) is 10.9. The Morgan fingerprint density at radius 3 is 2.14 bits per heavy atom. The molecule has 0 aliphatic rings. The SMILES string of the molecule is CC=CCOc1ccc(-c2ccc(-c3ccc(CCCCCC)s3)cc2)cc1. The van der Waals surface area contributed by atoms with Crippen LogP contribution in [0.4, 0.5) is 0 Å². The van der Waals surface area contributed by atoms with Crippen molar-refractivity contribution in [3.05, 3.63) is 77.7 Å². The van der Waals surface area contributed by atoms with E-state index < -0.39 is 0 Å². The number of unbranched alkanes of at least 4 members (excludes halogenated alkanes) is 3. The van der Waals surface area contributed by atoms with E-state index in [4.69, 9.17) is 4.74 Å². The molecule has 0 atom stereocenters. The van der Waals surface area contributed by atoms with Crippen LogP contribution in [0.5, 0.6) is 5.75 Å². The molecule has 0 unspecified atom stereocenters. The Labute approximate surface area is 173 Å². The van der Waals surface area contributed by atoms with Gasteiger partial charge in [0.05, 0.1) is 0 Å². The molecule has 1 aromatic heterocycles. The maximum absolute atomic E-state index is 5.67. The topological polar surface area (TPSA) is 9.23 Å². The second-order valence-electron chi connectivity index (χ2n) is 7.06. The van der Waals surface area contributed by atoms with Gasteiger partial charge in [0.1, 0.15) is 12.4 Å². The van der Waals surface area contributed by atoms with Crippen LogP contribution in [0.15, 0.2) is 72.8 Å². The number of rotatable bonds is 10. The van der Waals surface area contributed by atoms with Crippen LogP contribution in [0.25, 0.3) is 21.6 Å². The minimum absolute atomic E-state index is 0.617. The van der Waals surface area contributed by atoms with Gasteiger partial charge in [-0.1, -0.05) is 74.7 Å². The van der Waals surface area contributed by atoms with Gasteiger partial charge in [0.25, 0.3) is 0 Å². The molecule has 0 saturated heterocycles. The zero-order valence-electron chi connectivity index (χ0n) is 17.0. The normalized spacial score (nSPS) is 11.2. The summed E-state index contributed by atoms with van der Waals surface area (Å²) in [4.78, 5) is 2.87. The lowest BCUT2D eigenvalue weighted by Crippen LogP contribution is -1.92. The number of ether oxygens (including phenoxy) is 1. The highest BCUT2D eigenvalue weighted by Gasteiger charge is 2.05. The summed E-state index contributed by atoms with van der Waals surface area (Å²) < 4.78 is 5.67. The third-order valence-corrected chi connectivity index (χ3v) is 6.07. The number of allylic oxidation sites excluding steroid dienone is 1. The van der Waals surface area contributed by atoms with Crippen molar-refractivity contribution in [2.75, 3.05) is 6.61 Å². The average molecular weight is 391 g/mol. The summed E-state index contributed by atoms with van der Waals surface area (Å²) in [5, 5.41) is 0. The molecule has 0 bridgehead atoms. The predicted octanol–water partition coefficient (Wildman–Crippen LogP) is 8.16. The van der Waals surface area contributed by atoms with E-state index in [1.54, 1.807) is 0 Å². The first-order valence-electron chi connectivity index (χ1n) is 10.3. The summed E-state index contributed by atoms with van der Waals surface area (Å²) in [6.45, 7) is 4.88. The molecular formula is C26H30OS. The van der Waals surface area contributed by atoms with Crippen molar-refractivity contribution >= 4 is 11.3 Å². The van der Waals surface area contributed by atoms with E-state index in [1.807, 2.05) is 42.5 Å². The van der Waals surface area contributed by atoms with E-state index >= 15 is 0 Å². The quantitative estimate of drug-likeness (QED) is 0.250. The van der Waals surface area contributed by atoms with Crippen LogP contribution >= 0.6 is 11.3 Å². The molecule has 1 heterocycles. The molecule has 0 radical (unpaired) electrons. The minimum Gasteiger partial charge on any atom is -0.490 e. The molecule has 0 aliphatic heterocycles. The van der Waals surface area contributed by atoms with E-state index in [9.17, 15) is 0 Å². The standard InChI is InChI=1S/C26H30OS/c1-3-5-7-8-9-25-18-19-26(28-25)23-12-10-21(11-13-23)22-14-16-24(17-15-22)27-20-6-4-2/h4,6,10-19H,3,5,7-9,20H2,1-2H3. The van der Waals surface area contributed by atoms with E-state index in [2.05, 4.69) is 55.5 Å². The Kier molecular flexibility index (Phi) is 7.93. The largest absolute Gasteiger partial charge is 0.490 e.